The van der Waals surface area contributed by atoms with E-state index in [0.29, 0.717) is 5.56 Å². The zero-order valence-corrected chi connectivity index (χ0v) is 22.8. The first kappa shape index (κ1) is 16.1. The van der Waals surface area contributed by atoms with E-state index in [1.807, 2.05) is 84.9 Å². The number of hydrogen-bond acceptors (Lipinski definition) is 1. The zero-order chi connectivity index (χ0) is 38.2. The number of rotatable bonds is 5. The summed E-state index contributed by atoms with van der Waals surface area (Å²) in [4.78, 5) is 1.31. The maximum absolute atomic E-state index is 9.64. The monoisotopic (exact) mass is 558 g/mol. The highest BCUT2D eigenvalue weighted by molar-refractivity contribution is 5.99. The molecule has 0 saturated heterocycles. The predicted molar refractivity (Wildman–Crippen MR) is 185 cm³/mol. The van der Waals surface area contributed by atoms with Crippen molar-refractivity contribution in [3.63, 3.8) is 0 Å². The van der Waals surface area contributed by atoms with E-state index < -0.39 is 54.4 Å². The molecule has 0 atom stereocenters. The Balaban J connectivity index is 1.46. The Morgan fingerprint density at radius 3 is 1.70 bits per heavy atom. The van der Waals surface area contributed by atoms with Crippen molar-refractivity contribution < 1.29 is 15.1 Å². The van der Waals surface area contributed by atoms with Gasteiger partial charge in [-0.3, -0.25) is 0 Å². The van der Waals surface area contributed by atoms with E-state index in [0.717, 1.165) is 32.7 Å². The predicted octanol–water partition coefficient (Wildman–Crippen LogP) is 11.9. The van der Waals surface area contributed by atoms with Gasteiger partial charge in [0.1, 0.15) is 0 Å². The second-order valence-electron chi connectivity index (χ2n) is 10.2. The van der Waals surface area contributed by atoms with Crippen molar-refractivity contribution in [1.82, 2.24) is 0 Å². The minimum atomic E-state index is -0.617. The topological polar surface area (TPSA) is 3.24 Å². The first-order valence-electron chi connectivity index (χ1n) is 19.4. The molecule has 0 unspecified atom stereocenters. The Labute approximate surface area is 267 Å². The van der Waals surface area contributed by atoms with Crippen molar-refractivity contribution in [2.75, 3.05) is 4.90 Å². The van der Waals surface area contributed by atoms with Crippen LogP contribution in [0, 0.1) is 0 Å². The summed E-state index contributed by atoms with van der Waals surface area (Å²) in [6.45, 7) is 0. The quantitative estimate of drug-likeness (QED) is 0.203. The summed E-state index contributed by atoms with van der Waals surface area (Å²) in [6, 6.07) is 28.2. The van der Waals surface area contributed by atoms with Gasteiger partial charge in [0.2, 0.25) is 0 Å². The maximum Gasteiger partial charge on any atom is 0.0651 e. The van der Waals surface area contributed by atoms with Crippen LogP contribution in [0.25, 0.3) is 54.6 Å². The van der Waals surface area contributed by atoms with Gasteiger partial charge in [-0.2, -0.15) is 0 Å². The Kier molecular flexibility index (Phi) is 3.98. The summed E-state index contributed by atoms with van der Waals surface area (Å²) in [5.74, 6) is 0. The minimum absolute atomic E-state index is 0.0514. The van der Waals surface area contributed by atoms with Gasteiger partial charge < -0.3 is 4.90 Å². The number of anilines is 3. The van der Waals surface area contributed by atoms with Gasteiger partial charge in [0.05, 0.1) is 20.8 Å². The third-order valence-electron chi connectivity index (χ3n) is 7.60. The van der Waals surface area contributed by atoms with E-state index in [4.69, 9.17) is 11.0 Å². The van der Waals surface area contributed by atoms with Crippen molar-refractivity contribution in [2.45, 2.75) is 0 Å². The van der Waals surface area contributed by atoms with E-state index in [1.54, 1.807) is 24.3 Å². The maximum atomic E-state index is 9.64. The number of nitrogens with zero attached hydrogens (tertiary/aromatic N) is 1. The smallest absolute Gasteiger partial charge is 0.0651 e. The lowest BCUT2D eigenvalue weighted by atomic mass is 9.99. The van der Waals surface area contributed by atoms with Gasteiger partial charge in [-0.1, -0.05) is 133 Å². The molecule has 1 nitrogen and oxygen atoms in total. The summed E-state index contributed by atoms with van der Waals surface area (Å²) < 4.78 is 98.2. The fourth-order valence-corrected chi connectivity index (χ4v) is 5.44. The van der Waals surface area contributed by atoms with Crippen molar-refractivity contribution in [1.29, 1.82) is 0 Å². The standard InChI is InChI=1S/C42H29N/c1-3-12-34-27-37(21-19-30(34)9-1)32-23-25-39(26-24-32)43(42-18-8-14-33-11-5-6-17-41(33)42)40-16-7-15-36(29-40)38-22-20-31-10-2-4-13-35(31)28-38/h1-29H/i5D,6D,7D,8D,11D,14D,15D,16D,17D,18D,29D. The molecule has 0 aliphatic heterocycles. The largest absolute Gasteiger partial charge is 0.310 e. The van der Waals surface area contributed by atoms with E-state index in [9.17, 15) is 4.11 Å². The van der Waals surface area contributed by atoms with E-state index in [1.165, 1.54) is 4.90 Å². The first-order chi connectivity index (χ1) is 25.9. The van der Waals surface area contributed by atoms with Gasteiger partial charge in [-0.25, -0.2) is 0 Å². The fraction of sp³-hybridized carbons (Fsp3) is 0. The summed E-state index contributed by atoms with van der Waals surface area (Å²) in [5.41, 5.74) is 2.02. The van der Waals surface area contributed by atoms with E-state index >= 15 is 0 Å². The third-order valence-corrected chi connectivity index (χ3v) is 7.60. The van der Waals surface area contributed by atoms with Gasteiger partial charge in [0, 0.05) is 16.8 Å². The van der Waals surface area contributed by atoms with Gasteiger partial charge >= 0.3 is 0 Å². The highest BCUT2D eigenvalue weighted by Crippen LogP contribution is 2.41. The Bertz CT molecular complexity index is 2840. The Hall–Kier alpha value is -5.66. The molecular formula is C42H29N. The van der Waals surface area contributed by atoms with Gasteiger partial charge in [-0.15, -0.1) is 0 Å². The molecule has 0 aliphatic rings. The normalized spacial score (nSPS) is 14.8. The molecule has 43 heavy (non-hydrogen) atoms. The van der Waals surface area contributed by atoms with E-state index in [-0.39, 0.29) is 45.5 Å². The van der Waals surface area contributed by atoms with Crippen LogP contribution < -0.4 is 4.90 Å². The first-order valence-corrected chi connectivity index (χ1v) is 13.9. The molecule has 0 N–H and O–H groups in total. The number of benzene rings is 8. The molecule has 0 aliphatic carbocycles. The van der Waals surface area contributed by atoms with Crippen molar-refractivity contribution in [3.8, 4) is 22.3 Å². The molecule has 0 fully saturated rings. The molecular weight excluding hydrogens is 518 g/mol. The average molecular weight is 559 g/mol. The summed E-state index contributed by atoms with van der Waals surface area (Å²) in [5, 5.41) is 3.34. The number of hydrogen-bond donors (Lipinski definition) is 0. The minimum Gasteiger partial charge on any atom is -0.310 e. The molecule has 0 radical (unpaired) electrons. The summed E-state index contributed by atoms with van der Waals surface area (Å²) in [7, 11) is 0. The molecule has 0 saturated carbocycles. The highest BCUT2D eigenvalue weighted by atomic mass is 15.1. The molecule has 8 aromatic rings. The Morgan fingerprint density at radius 1 is 0.395 bits per heavy atom. The summed E-state index contributed by atoms with van der Waals surface area (Å²) in [6.07, 6.45) is 0. The lowest BCUT2D eigenvalue weighted by Gasteiger charge is -2.27. The second-order valence-corrected chi connectivity index (χ2v) is 10.2. The van der Waals surface area contributed by atoms with Crippen LogP contribution in [0.4, 0.5) is 17.1 Å². The molecule has 0 aromatic heterocycles. The molecule has 202 valence electrons. The number of fused-ring (bicyclic) bond motifs is 3. The van der Waals surface area contributed by atoms with Crippen molar-refractivity contribution >= 4 is 49.4 Å². The van der Waals surface area contributed by atoms with Crippen LogP contribution in [0.3, 0.4) is 0 Å². The molecule has 8 aromatic carbocycles. The van der Waals surface area contributed by atoms with Crippen LogP contribution in [0.15, 0.2) is 176 Å². The fourth-order valence-electron chi connectivity index (χ4n) is 5.44. The molecule has 0 heterocycles. The second kappa shape index (κ2) is 10.6. The molecule has 1 heteroatoms. The summed E-state index contributed by atoms with van der Waals surface area (Å²) >= 11 is 0. The van der Waals surface area contributed by atoms with Crippen molar-refractivity contribution in [3.05, 3.63) is 176 Å². The van der Waals surface area contributed by atoms with Crippen LogP contribution in [0.2, 0.25) is 0 Å². The average Bonchev–Trinajstić information content (AvgIpc) is 3.19. The Morgan fingerprint density at radius 2 is 0.977 bits per heavy atom. The van der Waals surface area contributed by atoms with E-state index in [2.05, 4.69) is 0 Å². The lowest BCUT2D eigenvalue weighted by Crippen LogP contribution is -2.10. The molecule has 8 rings (SSSR count). The van der Waals surface area contributed by atoms with Crippen LogP contribution in [-0.4, -0.2) is 0 Å². The zero-order valence-electron chi connectivity index (χ0n) is 33.8. The van der Waals surface area contributed by atoms with Crippen LogP contribution in [0.1, 0.15) is 15.1 Å². The lowest BCUT2D eigenvalue weighted by molar-refractivity contribution is 1.30. The van der Waals surface area contributed by atoms with Gasteiger partial charge in [0.25, 0.3) is 0 Å². The molecule has 0 spiro atoms. The molecule has 0 amide bonds. The van der Waals surface area contributed by atoms with Gasteiger partial charge in [-0.05, 0) is 91.6 Å². The van der Waals surface area contributed by atoms with Gasteiger partial charge in [0.15, 0.2) is 0 Å². The van der Waals surface area contributed by atoms with Crippen LogP contribution >= 0.6 is 0 Å². The van der Waals surface area contributed by atoms with Crippen LogP contribution in [0.5, 0.6) is 0 Å². The molecule has 0 bridgehead atoms. The third kappa shape index (κ3) is 4.71. The van der Waals surface area contributed by atoms with Crippen molar-refractivity contribution in [2.24, 2.45) is 0 Å². The highest BCUT2D eigenvalue weighted by Gasteiger charge is 2.16. The SMILES string of the molecule is [2H]c1c([2H])c(-c2ccc3ccccc3c2)c([2H])c(N(c2ccc(-c3ccc4ccccc4c3)cc2)c2c([2H])c([2H])c([2H])c3c([2H])c([2H])c([2H])c([2H])c23)c1[2H]. The van der Waals surface area contributed by atoms with Crippen LogP contribution in [-0.2, 0) is 0 Å².